The summed E-state index contributed by atoms with van der Waals surface area (Å²) in [4.78, 5) is 3.46. The Hall–Kier alpha value is -1.50. The van der Waals surface area contributed by atoms with E-state index in [2.05, 4.69) is 54.4 Å². The zero-order valence-corrected chi connectivity index (χ0v) is 9.16. The SMILES string of the molecule is CCCc1ccc(Cc2ccccc2)[nH]1. The molecule has 0 aliphatic heterocycles. The summed E-state index contributed by atoms with van der Waals surface area (Å²) in [5.74, 6) is 0. The van der Waals surface area contributed by atoms with Crippen LogP contribution < -0.4 is 0 Å². The van der Waals surface area contributed by atoms with Crippen molar-refractivity contribution in [1.82, 2.24) is 4.98 Å². The van der Waals surface area contributed by atoms with Gasteiger partial charge in [0.1, 0.15) is 0 Å². The largest absolute Gasteiger partial charge is 0.362 e. The topological polar surface area (TPSA) is 15.8 Å². The molecule has 1 heteroatoms. The van der Waals surface area contributed by atoms with E-state index in [1.165, 1.54) is 23.4 Å². The van der Waals surface area contributed by atoms with Gasteiger partial charge in [0.15, 0.2) is 0 Å². The highest BCUT2D eigenvalue weighted by Crippen LogP contribution is 2.10. The average molecular weight is 199 g/mol. The highest BCUT2D eigenvalue weighted by atomic mass is 14.7. The average Bonchev–Trinajstić information content (AvgIpc) is 2.68. The van der Waals surface area contributed by atoms with Crippen molar-refractivity contribution in [2.24, 2.45) is 0 Å². The van der Waals surface area contributed by atoms with E-state index in [0.29, 0.717) is 0 Å². The van der Waals surface area contributed by atoms with Crippen LogP contribution >= 0.6 is 0 Å². The molecular formula is C14H17N. The van der Waals surface area contributed by atoms with Crippen molar-refractivity contribution in [3.05, 3.63) is 59.4 Å². The molecule has 0 saturated heterocycles. The molecule has 2 aromatic rings. The second kappa shape index (κ2) is 4.83. The van der Waals surface area contributed by atoms with Gasteiger partial charge >= 0.3 is 0 Å². The van der Waals surface area contributed by atoms with Crippen molar-refractivity contribution in [2.75, 3.05) is 0 Å². The first-order chi connectivity index (χ1) is 7.38. The molecule has 0 spiro atoms. The number of rotatable bonds is 4. The van der Waals surface area contributed by atoms with E-state index in [4.69, 9.17) is 0 Å². The lowest BCUT2D eigenvalue weighted by Crippen LogP contribution is -1.89. The molecule has 0 bridgehead atoms. The van der Waals surface area contributed by atoms with Crippen LogP contribution in [-0.4, -0.2) is 4.98 Å². The molecule has 1 heterocycles. The Bertz CT molecular complexity index is 400. The van der Waals surface area contributed by atoms with Gasteiger partial charge in [-0.1, -0.05) is 43.7 Å². The summed E-state index contributed by atoms with van der Waals surface area (Å²) in [5.41, 5.74) is 4.02. The highest BCUT2D eigenvalue weighted by molar-refractivity contribution is 5.23. The van der Waals surface area contributed by atoms with Gasteiger partial charge in [0.05, 0.1) is 0 Å². The summed E-state index contributed by atoms with van der Waals surface area (Å²) in [6.07, 6.45) is 3.35. The number of nitrogens with one attached hydrogen (secondary N) is 1. The number of aryl methyl sites for hydroxylation is 1. The van der Waals surface area contributed by atoms with Gasteiger partial charge in [-0.3, -0.25) is 0 Å². The Labute approximate surface area is 91.2 Å². The van der Waals surface area contributed by atoms with Crippen LogP contribution in [0.5, 0.6) is 0 Å². The molecule has 0 atom stereocenters. The van der Waals surface area contributed by atoms with Gasteiger partial charge in [-0.15, -0.1) is 0 Å². The second-order valence-electron chi connectivity index (χ2n) is 3.92. The standard InChI is InChI=1S/C14H17N/c1-2-6-13-9-10-14(15-13)11-12-7-4-3-5-8-12/h3-5,7-10,15H,2,6,11H2,1H3. The van der Waals surface area contributed by atoms with Crippen LogP contribution in [0.3, 0.4) is 0 Å². The number of H-pyrrole nitrogens is 1. The maximum atomic E-state index is 3.46. The third kappa shape index (κ3) is 2.72. The van der Waals surface area contributed by atoms with Gasteiger partial charge in [0, 0.05) is 17.8 Å². The van der Waals surface area contributed by atoms with E-state index in [-0.39, 0.29) is 0 Å². The van der Waals surface area contributed by atoms with E-state index in [0.717, 1.165) is 12.8 Å². The molecule has 0 amide bonds. The van der Waals surface area contributed by atoms with Crippen LogP contribution in [-0.2, 0) is 12.8 Å². The summed E-state index contributed by atoms with van der Waals surface area (Å²) >= 11 is 0. The van der Waals surface area contributed by atoms with Crippen LogP contribution in [0.1, 0.15) is 30.3 Å². The lowest BCUT2D eigenvalue weighted by Gasteiger charge is -1.98. The molecule has 2 rings (SSSR count). The van der Waals surface area contributed by atoms with E-state index < -0.39 is 0 Å². The van der Waals surface area contributed by atoms with Gasteiger partial charge in [0.2, 0.25) is 0 Å². The monoisotopic (exact) mass is 199 g/mol. The zero-order chi connectivity index (χ0) is 10.5. The Morgan fingerprint density at radius 2 is 1.67 bits per heavy atom. The molecule has 1 aromatic carbocycles. The van der Waals surface area contributed by atoms with Crippen molar-refractivity contribution in [1.29, 1.82) is 0 Å². The predicted octanol–water partition coefficient (Wildman–Crippen LogP) is 3.56. The predicted molar refractivity (Wildman–Crippen MR) is 64.0 cm³/mol. The van der Waals surface area contributed by atoms with Crippen molar-refractivity contribution in [3.63, 3.8) is 0 Å². The molecule has 0 radical (unpaired) electrons. The molecule has 1 nitrogen and oxygen atoms in total. The molecule has 0 saturated carbocycles. The highest BCUT2D eigenvalue weighted by Gasteiger charge is 1.99. The van der Waals surface area contributed by atoms with E-state index in [9.17, 15) is 0 Å². The summed E-state index contributed by atoms with van der Waals surface area (Å²) < 4.78 is 0. The van der Waals surface area contributed by atoms with E-state index >= 15 is 0 Å². The minimum absolute atomic E-state index is 1.00. The molecule has 15 heavy (non-hydrogen) atoms. The van der Waals surface area contributed by atoms with Crippen LogP contribution in [0.15, 0.2) is 42.5 Å². The van der Waals surface area contributed by atoms with E-state index in [1.54, 1.807) is 0 Å². The molecule has 1 N–H and O–H groups in total. The summed E-state index contributed by atoms with van der Waals surface area (Å²) in [6.45, 7) is 2.21. The van der Waals surface area contributed by atoms with Crippen LogP contribution in [0, 0.1) is 0 Å². The fourth-order valence-corrected chi connectivity index (χ4v) is 1.82. The minimum Gasteiger partial charge on any atom is -0.362 e. The van der Waals surface area contributed by atoms with Crippen molar-refractivity contribution in [3.8, 4) is 0 Å². The molecule has 0 aliphatic rings. The minimum atomic E-state index is 1.00. The lowest BCUT2D eigenvalue weighted by atomic mass is 10.1. The first-order valence-electron chi connectivity index (χ1n) is 5.59. The molecular weight excluding hydrogens is 182 g/mol. The quantitative estimate of drug-likeness (QED) is 0.775. The summed E-state index contributed by atoms with van der Waals surface area (Å²) in [5, 5.41) is 0. The molecule has 0 unspecified atom stereocenters. The number of aromatic amines is 1. The third-order valence-electron chi connectivity index (χ3n) is 2.56. The molecule has 78 valence electrons. The van der Waals surface area contributed by atoms with Crippen LogP contribution in [0.4, 0.5) is 0 Å². The smallest absolute Gasteiger partial charge is 0.0193 e. The van der Waals surface area contributed by atoms with Gasteiger partial charge in [0.25, 0.3) is 0 Å². The maximum Gasteiger partial charge on any atom is 0.0193 e. The number of hydrogen-bond acceptors (Lipinski definition) is 0. The van der Waals surface area contributed by atoms with Crippen molar-refractivity contribution >= 4 is 0 Å². The zero-order valence-electron chi connectivity index (χ0n) is 9.16. The Kier molecular flexibility index (Phi) is 3.23. The van der Waals surface area contributed by atoms with Crippen molar-refractivity contribution in [2.45, 2.75) is 26.2 Å². The first kappa shape index (κ1) is 10.0. The van der Waals surface area contributed by atoms with Gasteiger partial charge in [-0.25, -0.2) is 0 Å². The third-order valence-corrected chi connectivity index (χ3v) is 2.56. The fraction of sp³-hybridized carbons (Fsp3) is 0.286. The van der Waals surface area contributed by atoms with Crippen LogP contribution in [0.2, 0.25) is 0 Å². The summed E-state index contributed by atoms with van der Waals surface area (Å²) in [6, 6.07) is 15.0. The lowest BCUT2D eigenvalue weighted by molar-refractivity contribution is 0.883. The number of benzene rings is 1. The Morgan fingerprint density at radius 1 is 0.933 bits per heavy atom. The second-order valence-corrected chi connectivity index (χ2v) is 3.92. The number of hydrogen-bond donors (Lipinski definition) is 1. The van der Waals surface area contributed by atoms with Gasteiger partial charge in [-0.2, -0.15) is 0 Å². The fourth-order valence-electron chi connectivity index (χ4n) is 1.82. The molecule has 1 aromatic heterocycles. The van der Waals surface area contributed by atoms with E-state index in [1.807, 2.05) is 0 Å². The van der Waals surface area contributed by atoms with Crippen molar-refractivity contribution < 1.29 is 0 Å². The normalized spacial score (nSPS) is 10.5. The van der Waals surface area contributed by atoms with Gasteiger partial charge < -0.3 is 4.98 Å². The molecule has 0 aliphatic carbocycles. The van der Waals surface area contributed by atoms with Crippen LogP contribution in [0.25, 0.3) is 0 Å². The first-order valence-corrected chi connectivity index (χ1v) is 5.59. The van der Waals surface area contributed by atoms with Gasteiger partial charge in [-0.05, 0) is 24.1 Å². The maximum absolute atomic E-state index is 3.46. The Balaban J connectivity index is 2.05. The number of aromatic nitrogens is 1. The Morgan fingerprint density at radius 3 is 2.40 bits per heavy atom. The molecule has 0 fully saturated rings. The summed E-state index contributed by atoms with van der Waals surface area (Å²) in [7, 11) is 0.